The van der Waals surface area contributed by atoms with Crippen LogP contribution in [-0.4, -0.2) is 23.2 Å². The third kappa shape index (κ3) is 5.18. The first-order chi connectivity index (χ1) is 17.9. The molecule has 1 aliphatic carbocycles. The number of amides is 1. The molecule has 0 spiro atoms. The summed E-state index contributed by atoms with van der Waals surface area (Å²) in [6.45, 7) is 0. The zero-order valence-electron chi connectivity index (χ0n) is 19.3. The van der Waals surface area contributed by atoms with Crippen LogP contribution in [0.1, 0.15) is 57.7 Å². The molecule has 2 aliphatic rings. The van der Waals surface area contributed by atoms with E-state index in [0.717, 1.165) is 12.1 Å². The number of halogens is 7. The van der Waals surface area contributed by atoms with E-state index in [0.29, 0.717) is 17.8 Å². The lowest BCUT2D eigenvalue weighted by molar-refractivity contribution is -0.137. The van der Waals surface area contributed by atoms with Crippen molar-refractivity contribution in [2.75, 3.05) is 10.6 Å². The summed E-state index contributed by atoms with van der Waals surface area (Å²) < 4.78 is 81.0. The molecule has 1 saturated carbocycles. The Labute approximate surface area is 217 Å². The van der Waals surface area contributed by atoms with Gasteiger partial charge < -0.3 is 15.7 Å². The maximum atomic E-state index is 14.1. The van der Waals surface area contributed by atoms with Crippen molar-refractivity contribution in [2.45, 2.75) is 43.5 Å². The third-order valence-electron chi connectivity index (χ3n) is 6.58. The minimum absolute atomic E-state index is 0.0540. The summed E-state index contributed by atoms with van der Waals surface area (Å²) in [4.78, 5) is 13.1. The maximum Gasteiger partial charge on any atom is 0.416 e. The van der Waals surface area contributed by atoms with E-state index in [9.17, 15) is 36.2 Å². The van der Waals surface area contributed by atoms with Gasteiger partial charge in [0.15, 0.2) is 0 Å². The van der Waals surface area contributed by atoms with E-state index in [-0.39, 0.29) is 52.4 Å². The van der Waals surface area contributed by atoms with Crippen LogP contribution in [0.25, 0.3) is 0 Å². The molecule has 0 aromatic heterocycles. The number of aliphatic hydroxyl groups excluding tert-OH is 1. The van der Waals surface area contributed by atoms with Gasteiger partial charge in [-0.25, -0.2) is 13.2 Å². The van der Waals surface area contributed by atoms with E-state index in [1.165, 1.54) is 12.1 Å². The molecule has 1 fully saturated rings. The van der Waals surface area contributed by atoms with Crippen molar-refractivity contribution in [1.82, 2.24) is 5.32 Å². The number of benzene rings is 3. The Hall–Kier alpha value is -3.28. The Morgan fingerprint density at radius 3 is 2.42 bits per heavy atom. The van der Waals surface area contributed by atoms with E-state index < -0.39 is 53.3 Å². The number of hydrogen-bond acceptors (Lipinski definition) is 4. The SMILES string of the molecule is O=C(Nc1cc(N[C@H]2C[C@H](F)C2)cc2c1C(c1cc(F)ccc1Cl)NC2O)c1cc(F)cc(C(F)(F)F)c1. The van der Waals surface area contributed by atoms with Gasteiger partial charge in [0.05, 0.1) is 11.6 Å². The van der Waals surface area contributed by atoms with Crippen LogP contribution >= 0.6 is 11.6 Å². The summed E-state index contributed by atoms with van der Waals surface area (Å²) in [5.74, 6) is -2.91. The summed E-state index contributed by atoms with van der Waals surface area (Å²) >= 11 is 6.29. The lowest BCUT2D eigenvalue weighted by Crippen LogP contribution is -2.36. The highest BCUT2D eigenvalue weighted by molar-refractivity contribution is 6.31. The number of anilines is 2. The molecule has 0 saturated heterocycles. The van der Waals surface area contributed by atoms with Crippen LogP contribution in [0.2, 0.25) is 5.02 Å². The minimum atomic E-state index is -4.88. The van der Waals surface area contributed by atoms with Gasteiger partial charge in [0, 0.05) is 39.1 Å². The second-order valence-electron chi connectivity index (χ2n) is 9.29. The average Bonchev–Trinajstić information content (AvgIpc) is 3.15. The highest BCUT2D eigenvalue weighted by atomic mass is 35.5. The molecule has 1 aliphatic heterocycles. The molecule has 3 aromatic carbocycles. The van der Waals surface area contributed by atoms with Crippen LogP contribution in [0, 0.1) is 11.6 Å². The van der Waals surface area contributed by atoms with E-state index in [1.807, 2.05) is 0 Å². The van der Waals surface area contributed by atoms with Gasteiger partial charge in [-0.2, -0.15) is 13.2 Å². The molecule has 5 rings (SSSR count). The van der Waals surface area contributed by atoms with Gasteiger partial charge in [-0.1, -0.05) is 11.6 Å². The lowest BCUT2D eigenvalue weighted by atomic mass is 9.90. The van der Waals surface area contributed by atoms with E-state index in [1.54, 1.807) is 6.07 Å². The quantitative estimate of drug-likeness (QED) is 0.272. The number of carbonyl (C=O) groups excluding carboxylic acids is 1. The molecule has 0 radical (unpaired) electrons. The van der Waals surface area contributed by atoms with Crippen molar-refractivity contribution < 1.29 is 36.2 Å². The van der Waals surface area contributed by atoms with E-state index in [4.69, 9.17) is 11.6 Å². The maximum absolute atomic E-state index is 14.1. The molecule has 38 heavy (non-hydrogen) atoms. The van der Waals surface area contributed by atoms with Crippen LogP contribution in [0.5, 0.6) is 0 Å². The Bertz CT molecular complexity index is 1410. The largest absolute Gasteiger partial charge is 0.416 e. The summed E-state index contributed by atoms with van der Waals surface area (Å²) in [6.07, 6.45) is -6.61. The van der Waals surface area contributed by atoms with Gasteiger partial charge >= 0.3 is 6.18 Å². The molecular weight excluding hydrogens is 536 g/mol. The van der Waals surface area contributed by atoms with Crippen molar-refractivity contribution in [3.8, 4) is 0 Å². The number of aliphatic hydroxyl groups is 1. The Kier molecular flexibility index (Phi) is 6.79. The van der Waals surface area contributed by atoms with E-state index in [2.05, 4.69) is 16.0 Å². The van der Waals surface area contributed by atoms with Gasteiger partial charge in [0.2, 0.25) is 0 Å². The fourth-order valence-corrected chi connectivity index (χ4v) is 4.93. The van der Waals surface area contributed by atoms with Crippen molar-refractivity contribution in [1.29, 1.82) is 0 Å². The molecule has 200 valence electrons. The smallest absolute Gasteiger partial charge is 0.382 e. The van der Waals surface area contributed by atoms with E-state index >= 15 is 0 Å². The van der Waals surface area contributed by atoms with Crippen molar-refractivity contribution >= 4 is 28.9 Å². The molecule has 2 atom stereocenters. The van der Waals surface area contributed by atoms with Crippen LogP contribution in [0.3, 0.4) is 0 Å². The number of fused-ring (bicyclic) bond motifs is 1. The molecule has 0 bridgehead atoms. The highest BCUT2D eigenvalue weighted by Crippen LogP contribution is 2.45. The Morgan fingerprint density at radius 1 is 1.00 bits per heavy atom. The number of alkyl halides is 4. The number of carbonyl (C=O) groups is 1. The standard InChI is InChI=1S/C26H20ClF6N3O2/c27-20-2-1-13(28)8-18(20)23-22-19(25(38)36-23)9-17(34-16-6-15(30)7-16)10-21(22)35-24(37)11-3-12(26(31,32)33)5-14(29)4-11/h1-5,8-10,15-16,23,25,34,36,38H,6-7H2,(H,35,37)/t15-,16-,23?,25?. The molecule has 1 heterocycles. The second-order valence-corrected chi connectivity index (χ2v) is 9.69. The van der Waals surface area contributed by atoms with Gasteiger partial charge in [0.25, 0.3) is 5.91 Å². The molecule has 12 heteroatoms. The topological polar surface area (TPSA) is 73.4 Å². The summed E-state index contributed by atoms with van der Waals surface area (Å²) in [6, 6.07) is 7.00. The van der Waals surface area contributed by atoms with Crippen molar-refractivity contribution in [2.24, 2.45) is 0 Å². The fourth-order valence-electron chi connectivity index (χ4n) is 4.70. The van der Waals surface area contributed by atoms with Crippen molar-refractivity contribution in [3.63, 3.8) is 0 Å². The predicted octanol–water partition coefficient (Wildman–Crippen LogP) is 6.49. The highest BCUT2D eigenvalue weighted by Gasteiger charge is 2.36. The predicted molar refractivity (Wildman–Crippen MR) is 129 cm³/mol. The van der Waals surface area contributed by atoms with Gasteiger partial charge in [-0.15, -0.1) is 0 Å². The molecule has 2 unspecified atom stereocenters. The first kappa shape index (κ1) is 26.3. The summed E-state index contributed by atoms with van der Waals surface area (Å²) in [5, 5.41) is 19.4. The molecule has 5 nitrogen and oxygen atoms in total. The third-order valence-corrected chi connectivity index (χ3v) is 6.92. The molecule has 4 N–H and O–H groups in total. The first-order valence-corrected chi connectivity index (χ1v) is 11.9. The second kappa shape index (κ2) is 9.79. The van der Waals surface area contributed by atoms with Crippen LogP contribution < -0.4 is 16.0 Å². The molecular formula is C26H20ClF6N3O2. The normalized spacial score (nSPS) is 22.5. The molecule has 3 aromatic rings. The van der Waals surface area contributed by atoms with Crippen molar-refractivity contribution in [3.05, 3.63) is 93.0 Å². The number of nitrogens with one attached hydrogen (secondary N) is 3. The van der Waals surface area contributed by atoms with Gasteiger partial charge in [-0.3, -0.25) is 10.1 Å². The summed E-state index contributed by atoms with van der Waals surface area (Å²) in [5.41, 5.74) is -0.664. The van der Waals surface area contributed by atoms with Crippen LogP contribution in [-0.2, 0) is 6.18 Å². The average molecular weight is 556 g/mol. The number of hydrogen-bond donors (Lipinski definition) is 4. The zero-order chi connectivity index (χ0) is 27.4. The van der Waals surface area contributed by atoms with Crippen LogP contribution in [0.4, 0.5) is 37.7 Å². The Balaban J connectivity index is 1.57. The first-order valence-electron chi connectivity index (χ1n) is 11.6. The lowest BCUT2D eigenvalue weighted by Gasteiger charge is -2.31. The molecule has 1 amide bonds. The van der Waals surface area contributed by atoms with Crippen LogP contribution in [0.15, 0.2) is 48.5 Å². The zero-order valence-corrected chi connectivity index (χ0v) is 20.1. The Morgan fingerprint density at radius 2 is 1.74 bits per heavy atom. The fraction of sp³-hybridized carbons (Fsp3) is 0.269. The minimum Gasteiger partial charge on any atom is -0.382 e. The van der Waals surface area contributed by atoms with Gasteiger partial charge in [0.1, 0.15) is 24.0 Å². The number of rotatable bonds is 5. The van der Waals surface area contributed by atoms with Gasteiger partial charge in [-0.05, 0) is 66.9 Å². The summed E-state index contributed by atoms with van der Waals surface area (Å²) in [7, 11) is 0. The monoisotopic (exact) mass is 555 g/mol.